The van der Waals surface area contributed by atoms with E-state index in [1.807, 2.05) is 23.9 Å². The van der Waals surface area contributed by atoms with Gasteiger partial charge in [0.2, 0.25) is 0 Å². The number of nitrogens with two attached hydrogens (primary N) is 2. The fraction of sp³-hybridized carbons (Fsp3) is 0.455. The molecule has 1 fully saturated rings. The van der Waals surface area contributed by atoms with Crippen LogP contribution in [0.4, 0.5) is 17.1 Å². The molecule has 1 heterocycles. The number of rotatable bonds is 1. The highest BCUT2D eigenvalue weighted by Gasteiger charge is 2.10. The first-order valence-corrected chi connectivity index (χ1v) is 6.40. The minimum atomic E-state index is 0.669. The minimum absolute atomic E-state index is 0.669. The largest absolute Gasteiger partial charge is 0.397 e. The molecular weight excluding hydrogens is 206 g/mol. The van der Waals surface area contributed by atoms with Gasteiger partial charge >= 0.3 is 0 Å². The van der Waals surface area contributed by atoms with Crippen molar-refractivity contribution in [3.05, 3.63) is 18.2 Å². The molecule has 0 amide bonds. The van der Waals surface area contributed by atoms with E-state index in [-0.39, 0.29) is 0 Å². The first-order chi connectivity index (χ1) is 7.27. The lowest BCUT2D eigenvalue weighted by Gasteiger charge is -2.22. The molecule has 1 aromatic rings. The molecule has 0 aliphatic carbocycles. The summed E-state index contributed by atoms with van der Waals surface area (Å²) in [6.45, 7) is 2.23. The van der Waals surface area contributed by atoms with Crippen LogP contribution >= 0.6 is 11.8 Å². The van der Waals surface area contributed by atoms with Gasteiger partial charge in [-0.15, -0.1) is 0 Å². The topological polar surface area (TPSA) is 55.3 Å². The average Bonchev–Trinajstić information content (AvgIpc) is 2.50. The molecule has 82 valence electrons. The Morgan fingerprint density at radius 3 is 2.73 bits per heavy atom. The van der Waals surface area contributed by atoms with Crippen LogP contribution in [-0.2, 0) is 0 Å². The molecule has 0 saturated carbocycles. The van der Waals surface area contributed by atoms with Crippen LogP contribution in [0, 0.1) is 0 Å². The summed E-state index contributed by atoms with van der Waals surface area (Å²) in [6, 6.07) is 5.93. The van der Waals surface area contributed by atoms with E-state index in [1.165, 1.54) is 23.6 Å². The zero-order valence-corrected chi connectivity index (χ0v) is 9.59. The van der Waals surface area contributed by atoms with E-state index in [9.17, 15) is 0 Å². The van der Waals surface area contributed by atoms with Crippen molar-refractivity contribution in [1.29, 1.82) is 0 Å². The number of benzene rings is 1. The van der Waals surface area contributed by atoms with Gasteiger partial charge in [-0.05, 0) is 30.4 Å². The normalized spacial score (nSPS) is 17.5. The zero-order valence-electron chi connectivity index (χ0n) is 8.78. The van der Waals surface area contributed by atoms with Crippen LogP contribution in [0.25, 0.3) is 0 Å². The predicted octanol–water partition coefficient (Wildman–Crippen LogP) is 1.79. The molecule has 15 heavy (non-hydrogen) atoms. The first-order valence-electron chi connectivity index (χ1n) is 5.25. The van der Waals surface area contributed by atoms with Crippen LogP contribution < -0.4 is 16.4 Å². The summed E-state index contributed by atoms with van der Waals surface area (Å²) in [5, 5.41) is 0. The monoisotopic (exact) mass is 223 g/mol. The molecule has 0 radical (unpaired) electrons. The summed E-state index contributed by atoms with van der Waals surface area (Å²) in [4.78, 5) is 2.38. The van der Waals surface area contributed by atoms with Crippen molar-refractivity contribution in [3.8, 4) is 0 Å². The molecule has 0 spiro atoms. The van der Waals surface area contributed by atoms with Crippen LogP contribution in [0.5, 0.6) is 0 Å². The zero-order chi connectivity index (χ0) is 10.7. The van der Waals surface area contributed by atoms with Crippen LogP contribution in [0.1, 0.15) is 6.42 Å². The van der Waals surface area contributed by atoms with Crippen LogP contribution in [0.15, 0.2) is 18.2 Å². The fourth-order valence-electron chi connectivity index (χ4n) is 1.76. The van der Waals surface area contributed by atoms with Crippen LogP contribution in [0.3, 0.4) is 0 Å². The first kappa shape index (κ1) is 10.5. The summed E-state index contributed by atoms with van der Waals surface area (Å²) in [5.74, 6) is 2.46. The SMILES string of the molecule is Nc1ccc(N2CCCSCC2)cc1N. The van der Waals surface area contributed by atoms with Gasteiger partial charge in [-0.1, -0.05) is 0 Å². The molecule has 1 aliphatic rings. The standard InChI is InChI=1S/C11H17N3S/c12-10-3-2-9(8-11(10)13)14-4-1-6-15-7-5-14/h2-3,8H,1,4-7,12-13H2. The summed E-state index contributed by atoms with van der Waals surface area (Å²) >= 11 is 2.02. The Hall–Kier alpha value is -1.03. The highest BCUT2D eigenvalue weighted by atomic mass is 32.2. The molecule has 0 unspecified atom stereocenters. The number of thioether (sulfide) groups is 1. The van der Waals surface area contributed by atoms with E-state index < -0.39 is 0 Å². The number of hydrogen-bond donors (Lipinski definition) is 2. The second kappa shape index (κ2) is 4.66. The van der Waals surface area contributed by atoms with Gasteiger partial charge in [0.25, 0.3) is 0 Å². The molecule has 1 saturated heterocycles. The maximum Gasteiger partial charge on any atom is 0.0568 e. The molecule has 3 nitrogen and oxygen atoms in total. The van der Waals surface area contributed by atoms with Gasteiger partial charge in [0, 0.05) is 24.5 Å². The highest BCUT2D eigenvalue weighted by Crippen LogP contribution is 2.24. The maximum absolute atomic E-state index is 5.81. The molecule has 4 heteroatoms. The third-order valence-electron chi connectivity index (χ3n) is 2.66. The molecule has 1 aromatic carbocycles. The smallest absolute Gasteiger partial charge is 0.0568 e. The van der Waals surface area contributed by atoms with E-state index in [0.29, 0.717) is 11.4 Å². The molecule has 4 N–H and O–H groups in total. The number of anilines is 3. The molecule has 0 atom stereocenters. The van der Waals surface area contributed by atoms with Crippen molar-refractivity contribution < 1.29 is 0 Å². The lowest BCUT2D eigenvalue weighted by molar-refractivity contribution is 0.816. The number of nitrogens with zero attached hydrogens (tertiary/aromatic N) is 1. The van der Waals surface area contributed by atoms with Crippen molar-refractivity contribution >= 4 is 28.8 Å². The number of nitrogen functional groups attached to an aromatic ring is 2. The molecule has 0 bridgehead atoms. The minimum Gasteiger partial charge on any atom is -0.397 e. The van der Waals surface area contributed by atoms with Crippen molar-refractivity contribution in [2.45, 2.75) is 6.42 Å². The van der Waals surface area contributed by atoms with Gasteiger partial charge in [0.1, 0.15) is 0 Å². The van der Waals surface area contributed by atoms with Gasteiger partial charge in [0.05, 0.1) is 11.4 Å². The molecule has 0 aromatic heterocycles. The second-order valence-electron chi connectivity index (χ2n) is 3.77. The van der Waals surface area contributed by atoms with Crippen molar-refractivity contribution in [3.63, 3.8) is 0 Å². The van der Waals surface area contributed by atoms with E-state index in [0.717, 1.165) is 13.1 Å². The lowest BCUT2D eigenvalue weighted by atomic mass is 10.2. The average molecular weight is 223 g/mol. The highest BCUT2D eigenvalue weighted by molar-refractivity contribution is 7.99. The Kier molecular flexibility index (Phi) is 3.26. The summed E-state index contributed by atoms with van der Waals surface area (Å²) in [6.07, 6.45) is 1.24. The van der Waals surface area contributed by atoms with E-state index in [1.54, 1.807) is 0 Å². The Balaban J connectivity index is 2.16. The van der Waals surface area contributed by atoms with Gasteiger partial charge in [0.15, 0.2) is 0 Å². The van der Waals surface area contributed by atoms with Gasteiger partial charge < -0.3 is 16.4 Å². The Morgan fingerprint density at radius 2 is 1.93 bits per heavy atom. The Morgan fingerprint density at radius 1 is 1.07 bits per heavy atom. The summed E-state index contributed by atoms with van der Waals surface area (Å²) in [5.41, 5.74) is 14.1. The predicted molar refractivity (Wildman–Crippen MR) is 69.4 cm³/mol. The van der Waals surface area contributed by atoms with Gasteiger partial charge in [-0.3, -0.25) is 0 Å². The van der Waals surface area contributed by atoms with Crippen molar-refractivity contribution in [2.75, 3.05) is 41.0 Å². The fourth-order valence-corrected chi connectivity index (χ4v) is 2.65. The summed E-state index contributed by atoms with van der Waals surface area (Å²) in [7, 11) is 0. The summed E-state index contributed by atoms with van der Waals surface area (Å²) < 4.78 is 0. The quantitative estimate of drug-likeness (QED) is 0.713. The van der Waals surface area contributed by atoms with Crippen LogP contribution in [0.2, 0.25) is 0 Å². The third-order valence-corrected chi connectivity index (χ3v) is 3.71. The third kappa shape index (κ3) is 2.50. The van der Waals surface area contributed by atoms with Crippen molar-refractivity contribution in [2.24, 2.45) is 0 Å². The van der Waals surface area contributed by atoms with E-state index in [4.69, 9.17) is 11.5 Å². The second-order valence-corrected chi connectivity index (χ2v) is 4.99. The molecular formula is C11H17N3S. The Labute approximate surface area is 94.8 Å². The van der Waals surface area contributed by atoms with Crippen molar-refractivity contribution in [1.82, 2.24) is 0 Å². The van der Waals surface area contributed by atoms with Gasteiger partial charge in [-0.25, -0.2) is 0 Å². The number of hydrogen-bond acceptors (Lipinski definition) is 4. The van der Waals surface area contributed by atoms with E-state index >= 15 is 0 Å². The maximum atomic E-state index is 5.81. The molecule has 2 rings (SSSR count). The van der Waals surface area contributed by atoms with Gasteiger partial charge in [-0.2, -0.15) is 11.8 Å². The Bertz CT molecular complexity index is 333. The van der Waals surface area contributed by atoms with Crippen LogP contribution in [-0.4, -0.2) is 24.6 Å². The van der Waals surface area contributed by atoms with E-state index in [2.05, 4.69) is 11.0 Å². The molecule has 1 aliphatic heterocycles. The lowest BCUT2D eigenvalue weighted by Crippen LogP contribution is -2.25.